The van der Waals surface area contributed by atoms with E-state index in [-0.39, 0.29) is 6.73 Å². The fourth-order valence-electron chi connectivity index (χ4n) is 0.450. The maximum Gasteiger partial charge on any atom is 0.424 e. The Balaban J connectivity index is 2.49. The Kier molecular flexibility index (Phi) is 2.20. The van der Waals surface area contributed by atoms with Gasteiger partial charge in [-0.25, -0.2) is 0 Å². The fourth-order valence-corrected chi connectivity index (χ4v) is 1.00. The van der Waals surface area contributed by atoms with Gasteiger partial charge in [0.25, 0.3) is 0 Å². The summed E-state index contributed by atoms with van der Waals surface area (Å²) in [5, 5.41) is 0. The molecule has 1 atom stereocenters. The van der Waals surface area contributed by atoms with Gasteiger partial charge in [0.15, 0.2) is 0 Å². The molecule has 0 saturated carbocycles. The first-order valence-corrected chi connectivity index (χ1v) is 3.37. The van der Waals surface area contributed by atoms with Crippen LogP contribution < -0.4 is 0 Å². The lowest BCUT2D eigenvalue weighted by Gasteiger charge is -2.19. The summed E-state index contributed by atoms with van der Waals surface area (Å²) in [6.45, 7) is -0.197. The molecule has 10 heavy (non-hydrogen) atoms. The van der Waals surface area contributed by atoms with Crippen LogP contribution in [0.25, 0.3) is 0 Å². The molecule has 0 fully saturated rings. The van der Waals surface area contributed by atoms with Gasteiger partial charge in [0.2, 0.25) is 5.44 Å². The van der Waals surface area contributed by atoms with Crippen molar-refractivity contribution in [2.45, 2.75) is 11.6 Å². The van der Waals surface area contributed by atoms with E-state index in [2.05, 4.69) is 9.73 Å². The summed E-state index contributed by atoms with van der Waals surface area (Å²) >= 11 is 0.531. The van der Waals surface area contributed by atoms with Crippen molar-refractivity contribution in [1.29, 1.82) is 0 Å². The van der Waals surface area contributed by atoms with Crippen LogP contribution in [0, 0.1) is 0 Å². The van der Waals surface area contributed by atoms with Crippen LogP contribution in [0.2, 0.25) is 0 Å². The zero-order chi connectivity index (χ0) is 7.61. The maximum absolute atomic E-state index is 11.7. The molecule has 1 aliphatic heterocycles. The minimum absolute atomic E-state index is 0.197. The van der Waals surface area contributed by atoms with E-state index in [1.54, 1.807) is 0 Å². The average molecular weight is 171 g/mol. The average Bonchev–Trinajstić information content (AvgIpc) is 1.88. The van der Waals surface area contributed by atoms with Crippen molar-refractivity contribution >= 4 is 17.3 Å². The molecule has 0 amide bonds. The van der Waals surface area contributed by atoms with Gasteiger partial charge in [-0.1, -0.05) is 11.8 Å². The van der Waals surface area contributed by atoms with Crippen molar-refractivity contribution in [1.82, 2.24) is 0 Å². The minimum atomic E-state index is -4.28. The number of nitrogens with zero attached hydrogens (tertiary/aromatic N) is 1. The van der Waals surface area contributed by atoms with Gasteiger partial charge >= 0.3 is 6.18 Å². The Morgan fingerprint density at radius 2 is 2.30 bits per heavy atom. The first kappa shape index (κ1) is 7.87. The lowest BCUT2D eigenvalue weighted by Crippen LogP contribution is -2.30. The van der Waals surface area contributed by atoms with Gasteiger partial charge < -0.3 is 4.74 Å². The summed E-state index contributed by atoms with van der Waals surface area (Å²) in [5.74, 6) is 0. The summed E-state index contributed by atoms with van der Waals surface area (Å²) in [6, 6.07) is 0. The molecule has 6 heteroatoms. The monoisotopic (exact) mass is 171 g/mol. The van der Waals surface area contributed by atoms with Crippen molar-refractivity contribution in [3.8, 4) is 0 Å². The Morgan fingerprint density at radius 3 is 2.60 bits per heavy atom. The Labute approximate surface area is 59.5 Å². The molecular weight excluding hydrogens is 167 g/mol. The number of aliphatic imine (C=N–C) groups is 1. The van der Waals surface area contributed by atoms with E-state index in [9.17, 15) is 13.2 Å². The molecule has 1 unspecified atom stereocenters. The quantitative estimate of drug-likeness (QED) is 0.552. The second-order valence-corrected chi connectivity index (χ2v) is 2.50. The number of ether oxygens (including phenoxy) is 1. The van der Waals surface area contributed by atoms with Crippen LogP contribution in [-0.2, 0) is 4.74 Å². The van der Waals surface area contributed by atoms with E-state index < -0.39 is 11.6 Å². The van der Waals surface area contributed by atoms with Gasteiger partial charge in [0, 0.05) is 0 Å². The molecular formula is C4H4F3NOS. The zero-order valence-electron chi connectivity index (χ0n) is 4.76. The molecule has 0 spiro atoms. The van der Waals surface area contributed by atoms with Gasteiger partial charge in [-0.3, -0.25) is 4.99 Å². The molecule has 1 rings (SSSR count). The van der Waals surface area contributed by atoms with E-state index in [1.165, 1.54) is 0 Å². The lowest BCUT2D eigenvalue weighted by molar-refractivity contribution is -0.188. The van der Waals surface area contributed by atoms with Crippen LogP contribution in [-0.4, -0.2) is 23.9 Å². The van der Waals surface area contributed by atoms with Gasteiger partial charge in [-0.2, -0.15) is 13.2 Å². The molecule has 0 aromatic carbocycles. The van der Waals surface area contributed by atoms with E-state index in [4.69, 9.17) is 0 Å². The van der Waals surface area contributed by atoms with Crippen molar-refractivity contribution in [3.05, 3.63) is 0 Å². The second-order valence-electron chi connectivity index (χ2n) is 1.59. The zero-order valence-corrected chi connectivity index (χ0v) is 5.58. The van der Waals surface area contributed by atoms with Crippen LogP contribution in [0.1, 0.15) is 0 Å². The molecule has 0 aromatic rings. The van der Waals surface area contributed by atoms with Gasteiger partial charge in [-0.05, 0) is 0 Å². The topological polar surface area (TPSA) is 21.6 Å². The van der Waals surface area contributed by atoms with Crippen LogP contribution in [0.15, 0.2) is 4.99 Å². The van der Waals surface area contributed by atoms with Gasteiger partial charge in [0.1, 0.15) is 6.73 Å². The third-order valence-electron chi connectivity index (χ3n) is 0.827. The highest BCUT2D eigenvalue weighted by atomic mass is 32.2. The predicted molar refractivity (Wildman–Crippen MR) is 31.9 cm³/mol. The molecule has 58 valence electrons. The molecule has 1 aliphatic rings. The highest BCUT2D eigenvalue weighted by Gasteiger charge is 2.41. The number of hydrogen-bond acceptors (Lipinski definition) is 3. The third-order valence-corrected chi connectivity index (χ3v) is 1.75. The Hall–Kier alpha value is -0.230. The number of thioether (sulfide) groups is 1. The summed E-state index contributed by atoms with van der Waals surface area (Å²) in [6.07, 6.45) is -4.28. The van der Waals surface area contributed by atoms with Crippen molar-refractivity contribution < 1.29 is 17.9 Å². The number of halogens is 3. The predicted octanol–water partition coefficient (Wildman–Crippen LogP) is 1.62. The Morgan fingerprint density at radius 1 is 1.60 bits per heavy atom. The molecule has 0 aliphatic carbocycles. The smallest absolute Gasteiger partial charge is 0.335 e. The molecule has 2 nitrogen and oxygen atoms in total. The normalized spacial score (nSPS) is 26.9. The van der Waals surface area contributed by atoms with Crippen LogP contribution in [0.4, 0.5) is 13.2 Å². The number of rotatable bonds is 0. The van der Waals surface area contributed by atoms with Gasteiger partial charge in [-0.15, -0.1) is 0 Å². The summed E-state index contributed by atoms with van der Waals surface area (Å²) in [5.41, 5.74) is -0.577. The van der Waals surface area contributed by atoms with Crippen LogP contribution in [0.3, 0.4) is 0 Å². The van der Waals surface area contributed by atoms with Crippen LogP contribution in [0.5, 0.6) is 0 Å². The summed E-state index contributed by atoms with van der Waals surface area (Å²) in [4.78, 5) is 3.46. The number of hydrogen-bond donors (Lipinski definition) is 0. The lowest BCUT2D eigenvalue weighted by atomic mass is 10.7. The molecule has 1 heterocycles. The summed E-state index contributed by atoms with van der Waals surface area (Å²) in [7, 11) is 0. The molecule has 0 N–H and O–H groups in total. The highest BCUT2D eigenvalue weighted by Crippen LogP contribution is 2.31. The molecule has 0 aromatic heterocycles. The van der Waals surface area contributed by atoms with Crippen LogP contribution >= 0.6 is 11.8 Å². The van der Waals surface area contributed by atoms with Crippen molar-refractivity contribution in [3.63, 3.8) is 0 Å². The number of alkyl halides is 3. The third kappa shape index (κ3) is 1.88. The minimum Gasteiger partial charge on any atom is -0.335 e. The highest BCUT2D eigenvalue weighted by molar-refractivity contribution is 8.12. The SMILES string of the molecule is FC(F)(F)C1OCN=CS1. The van der Waals surface area contributed by atoms with E-state index >= 15 is 0 Å². The molecule has 0 bridgehead atoms. The van der Waals surface area contributed by atoms with Crippen molar-refractivity contribution in [2.24, 2.45) is 4.99 Å². The fraction of sp³-hybridized carbons (Fsp3) is 0.750. The second kappa shape index (κ2) is 2.79. The maximum atomic E-state index is 11.7. The summed E-state index contributed by atoms with van der Waals surface area (Å²) < 4.78 is 39.5. The largest absolute Gasteiger partial charge is 0.424 e. The molecule has 0 saturated heterocycles. The first-order chi connectivity index (χ1) is 4.61. The van der Waals surface area contributed by atoms with E-state index in [0.717, 1.165) is 5.55 Å². The Bertz CT molecular complexity index is 146. The molecule has 0 radical (unpaired) electrons. The standard InChI is InChI=1S/C4H4F3NOS/c5-4(6,7)3-9-1-8-2-10-3/h2-3H,1H2. The van der Waals surface area contributed by atoms with Crippen molar-refractivity contribution in [2.75, 3.05) is 6.73 Å². The van der Waals surface area contributed by atoms with E-state index in [0.29, 0.717) is 11.8 Å². The van der Waals surface area contributed by atoms with E-state index in [1.807, 2.05) is 0 Å². The first-order valence-electron chi connectivity index (χ1n) is 2.43. The van der Waals surface area contributed by atoms with Gasteiger partial charge in [0.05, 0.1) is 5.55 Å².